The molecule has 0 aliphatic carbocycles. The standard InChI is InChI=1S/C24H18N4O2/c29-23-22-21(12-6-14-26-22)27(24(30)28(23)16-19-10-3-4-13-25-19)15-18-9-5-8-17-7-1-2-11-20(17)18/h1-14H,15-16H2. The molecule has 0 unspecified atom stereocenters. The molecule has 0 aliphatic rings. The van der Waals surface area contributed by atoms with E-state index in [-0.39, 0.29) is 17.8 Å². The van der Waals surface area contributed by atoms with Crippen LogP contribution in [0.4, 0.5) is 0 Å². The molecule has 0 saturated carbocycles. The third kappa shape index (κ3) is 3.08. The first-order valence-corrected chi connectivity index (χ1v) is 9.67. The third-order valence-electron chi connectivity index (χ3n) is 5.24. The summed E-state index contributed by atoms with van der Waals surface area (Å²) in [7, 11) is 0. The topological polar surface area (TPSA) is 69.8 Å². The molecule has 30 heavy (non-hydrogen) atoms. The summed E-state index contributed by atoms with van der Waals surface area (Å²) in [6.07, 6.45) is 3.22. The first-order valence-electron chi connectivity index (χ1n) is 9.67. The van der Waals surface area contributed by atoms with Gasteiger partial charge in [0.15, 0.2) is 5.52 Å². The fraction of sp³-hybridized carbons (Fsp3) is 0.0833. The molecule has 0 atom stereocenters. The molecule has 2 aromatic carbocycles. The van der Waals surface area contributed by atoms with Gasteiger partial charge in [-0.05, 0) is 40.6 Å². The maximum Gasteiger partial charge on any atom is 0.332 e. The Hall–Kier alpha value is -4.06. The highest BCUT2D eigenvalue weighted by Gasteiger charge is 2.15. The smallest absolute Gasteiger partial charge is 0.287 e. The average Bonchev–Trinajstić information content (AvgIpc) is 2.80. The minimum absolute atomic E-state index is 0.0978. The van der Waals surface area contributed by atoms with Crippen molar-refractivity contribution in [3.8, 4) is 0 Å². The number of fused-ring (bicyclic) bond motifs is 2. The van der Waals surface area contributed by atoms with E-state index in [1.807, 2.05) is 48.5 Å². The maximum absolute atomic E-state index is 13.4. The van der Waals surface area contributed by atoms with Gasteiger partial charge in [0, 0.05) is 12.4 Å². The van der Waals surface area contributed by atoms with E-state index < -0.39 is 5.56 Å². The highest BCUT2D eigenvalue weighted by Crippen LogP contribution is 2.20. The summed E-state index contributed by atoms with van der Waals surface area (Å²) in [5.41, 5.74) is 1.66. The predicted molar refractivity (Wildman–Crippen MR) is 117 cm³/mol. The van der Waals surface area contributed by atoms with E-state index in [4.69, 9.17) is 0 Å². The Kier molecular flexibility index (Phi) is 4.44. The van der Waals surface area contributed by atoms with Gasteiger partial charge in [-0.25, -0.2) is 9.78 Å². The van der Waals surface area contributed by atoms with Crippen LogP contribution in [0.3, 0.4) is 0 Å². The zero-order valence-electron chi connectivity index (χ0n) is 16.1. The van der Waals surface area contributed by atoms with Gasteiger partial charge < -0.3 is 0 Å². The Morgan fingerprint density at radius 2 is 1.50 bits per heavy atom. The second kappa shape index (κ2) is 7.40. The van der Waals surface area contributed by atoms with Gasteiger partial charge in [0.25, 0.3) is 5.56 Å². The molecule has 0 spiro atoms. The first-order chi connectivity index (χ1) is 14.7. The molecule has 3 heterocycles. The Balaban J connectivity index is 1.73. The molecule has 0 bridgehead atoms. The van der Waals surface area contributed by atoms with E-state index in [0.717, 1.165) is 16.3 Å². The van der Waals surface area contributed by atoms with Crippen molar-refractivity contribution in [1.29, 1.82) is 0 Å². The molecule has 5 rings (SSSR count). The van der Waals surface area contributed by atoms with Crippen LogP contribution in [-0.2, 0) is 13.1 Å². The highest BCUT2D eigenvalue weighted by atomic mass is 16.2. The van der Waals surface area contributed by atoms with Crippen LogP contribution in [-0.4, -0.2) is 19.1 Å². The van der Waals surface area contributed by atoms with Crippen LogP contribution in [0.5, 0.6) is 0 Å². The molecule has 0 N–H and O–H groups in total. The SMILES string of the molecule is O=c1c2ncccc2n(Cc2cccc3ccccc23)c(=O)n1Cc1ccccn1. The van der Waals surface area contributed by atoms with Crippen molar-refractivity contribution >= 4 is 21.8 Å². The minimum atomic E-state index is -0.407. The van der Waals surface area contributed by atoms with Crippen LogP contribution >= 0.6 is 0 Å². The molecule has 146 valence electrons. The lowest BCUT2D eigenvalue weighted by molar-refractivity contribution is 0.627. The molecule has 0 fully saturated rings. The number of nitrogens with zero attached hydrogens (tertiary/aromatic N) is 4. The highest BCUT2D eigenvalue weighted by molar-refractivity contribution is 5.85. The molecule has 0 saturated heterocycles. The fourth-order valence-electron chi connectivity index (χ4n) is 3.79. The molecular weight excluding hydrogens is 376 g/mol. The van der Waals surface area contributed by atoms with Crippen molar-refractivity contribution < 1.29 is 0 Å². The van der Waals surface area contributed by atoms with Crippen molar-refractivity contribution in [2.45, 2.75) is 13.1 Å². The van der Waals surface area contributed by atoms with Gasteiger partial charge in [-0.15, -0.1) is 0 Å². The molecule has 5 aromatic rings. The van der Waals surface area contributed by atoms with Crippen LogP contribution in [0.1, 0.15) is 11.3 Å². The quantitative estimate of drug-likeness (QED) is 0.469. The Morgan fingerprint density at radius 3 is 2.37 bits per heavy atom. The molecule has 0 radical (unpaired) electrons. The number of aromatic nitrogens is 4. The molecule has 6 heteroatoms. The lowest BCUT2D eigenvalue weighted by Crippen LogP contribution is -2.41. The summed E-state index contributed by atoms with van der Waals surface area (Å²) in [6.45, 7) is 0.436. The third-order valence-corrected chi connectivity index (χ3v) is 5.24. The summed E-state index contributed by atoms with van der Waals surface area (Å²) >= 11 is 0. The van der Waals surface area contributed by atoms with E-state index in [1.54, 1.807) is 41.2 Å². The second-order valence-electron chi connectivity index (χ2n) is 7.09. The monoisotopic (exact) mass is 394 g/mol. The molecule has 0 amide bonds. The number of hydrogen-bond acceptors (Lipinski definition) is 4. The van der Waals surface area contributed by atoms with E-state index in [0.29, 0.717) is 17.8 Å². The molecule has 6 nitrogen and oxygen atoms in total. The zero-order valence-corrected chi connectivity index (χ0v) is 16.1. The van der Waals surface area contributed by atoms with Crippen LogP contribution in [0.25, 0.3) is 21.8 Å². The Bertz CT molecular complexity index is 1480. The van der Waals surface area contributed by atoms with Gasteiger partial charge in [-0.1, -0.05) is 48.5 Å². The van der Waals surface area contributed by atoms with E-state index in [1.165, 1.54) is 4.57 Å². The van der Waals surface area contributed by atoms with E-state index in [9.17, 15) is 9.59 Å². The van der Waals surface area contributed by atoms with Gasteiger partial charge in [-0.3, -0.25) is 18.9 Å². The van der Waals surface area contributed by atoms with Crippen LogP contribution in [0, 0.1) is 0 Å². The van der Waals surface area contributed by atoms with Gasteiger partial charge in [0.05, 0.1) is 24.3 Å². The van der Waals surface area contributed by atoms with Crippen LogP contribution in [0.2, 0.25) is 0 Å². The summed E-state index contributed by atoms with van der Waals surface area (Å²) in [6, 6.07) is 23.0. The summed E-state index contributed by atoms with van der Waals surface area (Å²) in [4.78, 5) is 35.0. The normalized spacial score (nSPS) is 11.2. The molecular formula is C24H18N4O2. The molecule has 0 aliphatic heterocycles. The van der Waals surface area contributed by atoms with E-state index >= 15 is 0 Å². The lowest BCUT2D eigenvalue weighted by Gasteiger charge is -2.15. The van der Waals surface area contributed by atoms with Gasteiger partial charge >= 0.3 is 5.69 Å². The molecule has 3 aromatic heterocycles. The first kappa shape index (κ1) is 18.0. The van der Waals surface area contributed by atoms with Crippen molar-refractivity contribution in [1.82, 2.24) is 19.1 Å². The number of benzene rings is 2. The minimum Gasteiger partial charge on any atom is -0.287 e. The number of pyridine rings is 2. The second-order valence-corrected chi connectivity index (χ2v) is 7.09. The Labute approximate surface area is 171 Å². The van der Waals surface area contributed by atoms with Gasteiger partial charge in [0.1, 0.15) is 0 Å². The Morgan fingerprint density at radius 1 is 0.700 bits per heavy atom. The maximum atomic E-state index is 13.4. The lowest BCUT2D eigenvalue weighted by atomic mass is 10.0. The number of rotatable bonds is 4. The summed E-state index contributed by atoms with van der Waals surface area (Å²) < 4.78 is 2.83. The summed E-state index contributed by atoms with van der Waals surface area (Å²) in [5.74, 6) is 0. The van der Waals surface area contributed by atoms with Crippen molar-refractivity contribution in [2.24, 2.45) is 0 Å². The largest absolute Gasteiger partial charge is 0.332 e. The van der Waals surface area contributed by atoms with Crippen molar-refractivity contribution in [3.05, 3.63) is 117 Å². The van der Waals surface area contributed by atoms with Crippen LogP contribution in [0.15, 0.2) is 94.8 Å². The fourth-order valence-corrected chi connectivity index (χ4v) is 3.79. The van der Waals surface area contributed by atoms with Crippen molar-refractivity contribution in [2.75, 3.05) is 0 Å². The number of hydrogen-bond donors (Lipinski definition) is 0. The van der Waals surface area contributed by atoms with Gasteiger partial charge in [0.2, 0.25) is 0 Å². The van der Waals surface area contributed by atoms with Gasteiger partial charge in [-0.2, -0.15) is 0 Å². The average molecular weight is 394 g/mol. The zero-order chi connectivity index (χ0) is 20.5. The summed E-state index contributed by atoms with van der Waals surface area (Å²) in [5, 5.41) is 2.18. The van der Waals surface area contributed by atoms with E-state index in [2.05, 4.69) is 9.97 Å². The van der Waals surface area contributed by atoms with Crippen LogP contribution < -0.4 is 11.2 Å². The van der Waals surface area contributed by atoms with Crippen molar-refractivity contribution in [3.63, 3.8) is 0 Å². The predicted octanol–water partition coefficient (Wildman–Crippen LogP) is 3.20.